The van der Waals surface area contributed by atoms with Crippen molar-refractivity contribution >= 4 is 5.69 Å². The lowest BCUT2D eigenvalue weighted by Gasteiger charge is -2.13. The molecule has 0 saturated carbocycles. The number of aryl methyl sites for hydroxylation is 1. The molecule has 0 spiro atoms. The molecule has 0 unspecified atom stereocenters. The second-order valence-corrected chi connectivity index (χ2v) is 4.49. The molecule has 0 heterocycles. The number of benzene rings is 2. The summed E-state index contributed by atoms with van der Waals surface area (Å²) in [6, 6.07) is 11.3. The Bertz CT molecular complexity index is 596. The van der Waals surface area contributed by atoms with Crippen molar-refractivity contribution in [2.45, 2.75) is 13.5 Å². The first-order valence-electron chi connectivity index (χ1n) is 6.34. The second-order valence-electron chi connectivity index (χ2n) is 4.49. The quantitative estimate of drug-likeness (QED) is 0.850. The van der Waals surface area contributed by atoms with Gasteiger partial charge in [-0.15, -0.1) is 0 Å². The van der Waals surface area contributed by atoms with Crippen LogP contribution < -0.4 is 19.9 Å². The maximum Gasteiger partial charge on any atom is 0.161 e. The monoisotopic (exact) mass is 273 g/mol. The molecule has 2 aromatic rings. The van der Waals surface area contributed by atoms with E-state index in [2.05, 4.69) is 0 Å². The third-order valence-corrected chi connectivity index (χ3v) is 3.09. The summed E-state index contributed by atoms with van der Waals surface area (Å²) in [6.45, 7) is 2.47. The second kappa shape index (κ2) is 6.19. The van der Waals surface area contributed by atoms with E-state index >= 15 is 0 Å². The van der Waals surface area contributed by atoms with Crippen LogP contribution in [0.1, 0.15) is 11.1 Å². The van der Waals surface area contributed by atoms with E-state index in [0.29, 0.717) is 18.0 Å². The van der Waals surface area contributed by atoms with Crippen molar-refractivity contribution in [3.63, 3.8) is 0 Å². The van der Waals surface area contributed by atoms with Gasteiger partial charge in [-0.3, -0.25) is 0 Å². The van der Waals surface area contributed by atoms with Gasteiger partial charge in [0.2, 0.25) is 0 Å². The fraction of sp³-hybridized carbons (Fsp3) is 0.250. The molecule has 0 bridgehead atoms. The topological polar surface area (TPSA) is 53.7 Å². The number of ether oxygens (including phenoxy) is 3. The molecule has 0 aromatic heterocycles. The van der Waals surface area contributed by atoms with Gasteiger partial charge in [-0.25, -0.2) is 0 Å². The number of nitrogens with two attached hydrogens (primary N) is 1. The summed E-state index contributed by atoms with van der Waals surface area (Å²) in [5.74, 6) is 2.17. The van der Waals surface area contributed by atoms with E-state index in [1.54, 1.807) is 20.3 Å². The van der Waals surface area contributed by atoms with Gasteiger partial charge in [0.25, 0.3) is 0 Å². The molecule has 106 valence electrons. The molecule has 0 aliphatic carbocycles. The lowest BCUT2D eigenvalue weighted by molar-refractivity contribution is 0.303. The lowest BCUT2D eigenvalue weighted by atomic mass is 10.1. The molecule has 0 fully saturated rings. The first kappa shape index (κ1) is 14.1. The van der Waals surface area contributed by atoms with E-state index in [-0.39, 0.29) is 0 Å². The van der Waals surface area contributed by atoms with Crippen LogP contribution in [0.25, 0.3) is 0 Å². The third kappa shape index (κ3) is 3.15. The van der Waals surface area contributed by atoms with Crippen molar-refractivity contribution in [3.05, 3.63) is 47.5 Å². The van der Waals surface area contributed by atoms with Crippen LogP contribution in [-0.4, -0.2) is 14.2 Å². The van der Waals surface area contributed by atoms with Gasteiger partial charge in [-0.2, -0.15) is 0 Å². The summed E-state index contributed by atoms with van der Waals surface area (Å²) in [4.78, 5) is 0. The standard InChI is InChI=1S/C16H19NO3/c1-11-7-15(18-2)16(19-3)8-12(11)10-20-14-6-4-5-13(17)9-14/h4-9H,10,17H2,1-3H3. The highest BCUT2D eigenvalue weighted by Crippen LogP contribution is 2.30. The smallest absolute Gasteiger partial charge is 0.161 e. The number of anilines is 1. The number of hydrogen-bond donors (Lipinski definition) is 1. The van der Waals surface area contributed by atoms with Crippen molar-refractivity contribution in [1.82, 2.24) is 0 Å². The Morgan fingerprint density at radius 3 is 2.35 bits per heavy atom. The van der Waals surface area contributed by atoms with E-state index in [0.717, 1.165) is 22.6 Å². The van der Waals surface area contributed by atoms with Gasteiger partial charge < -0.3 is 19.9 Å². The molecule has 2 N–H and O–H groups in total. The van der Waals surface area contributed by atoms with Gasteiger partial charge in [-0.1, -0.05) is 6.07 Å². The molecule has 2 rings (SSSR count). The molecular formula is C16H19NO3. The zero-order valence-corrected chi connectivity index (χ0v) is 12.0. The minimum Gasteiger partial charge on any atom is -0.493 e. The van der Waals surface area contributed by atoms with Gasteiger partial charge in [0.05, 0.1) is 14.2 Å². The van der Waals surface area contributed by atoms with Crippen molar-refractivity contribution in [2.24, 2.45) is 0 Å². The molecule has 0 atom stereocenters. The summed E-state index contributed by atoms with van der Waals surface area (Å²) in [5, 5.41) is 0. The molecule has 0 saturated heterocycles. The Kier molecular flexibility index (Phi) is 4.35. The zero-order chi connectivity index (χ0) is 14.5. The Morgan fingerprint density at radius 1 is 1.00 bits per heavy atom. The summed E-state index contributed by atoms with van der Waals surface area (Å²) < 4.78 is 16.3. The van der Waals surface area contributed by atoms with Crippen molar-refractivity contribution in [3.8, 4) is 17.2 Å². The highest BCUT2D eigenvalue weighted by Gasteiger charge is 2.09. The highest BCUT2D eigenvalue weighted by atomic mass is 16.5. The van der Waals surface area contributed by atoms with Gasteiger partial charge in [-0.05, 0) is 42.3 Å². The van der Waals surface area contributed by atoms with Crippen LogP contribution >= 0.6 is 0 Å². The summed E-state index contributed by atoms with van der Waals surface area (Å²) in [6.07, 6.45) is 0. The normalized spacial score (nSPS) is 10.2. The van der Waals surface area contributed by atoms with Crippen LogP contribution in [-0.2, 0) is 6.61 Å². The average molecular weight is 273 g/mol. The molecule has 0 amide bonds. The molecule has 4 nitrogen and oxygen atoms in total. The van der Waals surface area contributed by atoms with Crippen LogP contribution in [0.2, 0.25) is 0 Å². The van der Waals surface area contributed by atoms with Crippen LogP contribution in [0, 0.1) is 6.92 Å². The molecule has 0 radical (unpaired) electrons. The van der Waals surface area contributed by atoms with Crippen molar-refractivity contribution in [1.29, 1.82) is 0 Å². The van der Waals surface area contributed by atoms with Gasteiger partial charge in [0.1, 0.15) is 12.4 Å². The van der Waals surface area contributed by atoms with Gasteiger partial charge >= 0.3 is 0 Å². The predicted octanol–water partition coefficient (Wildman–Crippen LogP) is 3.17. The fourth-order valence-corrected chi connectivity index (χ4v) is 1.94. The van der Waals surface area contributed by atoms with Crippen LogP contribution in [0.15, 0.2) is 36.4 Å². The van der Waals surface area contributed by atoms with Crippen molar-refractivity contribution in [2.75, 3.05) is 20.0 Å². The maximum absolute atomic E-state index is 5.75. The molecule has 2 aromatic carbocycles. The molecular weight excluding hydrogens is 254 g/mol. The number of nitrogen functional groups attached to an aromatic ring is 1. The highest BCUT2D eigenvalue weighted by molar-refractivity contribution is 5.47. The minimum atomic E-state index is 0.454. The Labute approximate surface area is 119 Å². The van der Waals surface area contributed by atoms with E-state index in [4.69, 9.17) is 19.9 Å². The summed E-state index contributed by atoms with van der Waals surface area (Å²) >= 11 is 0. The SMILES string of the molecule is COc1cc(C)c(COc2cccc(N)c2)cc1OC. The fourth-order valence-electron chi connectivity index (χ4n) is 1.94. The Hall–Kier alpha value is -2.36. The van der Waals surface area contributed by atoms with Crippen molar-refractivity contribution < 1.29 is 14.2 Å². The maximum atomic E-state index is 5.75. The summed E-state index contributed by atoms with van der Waals surface area (Å²) in [5.41, 5.74) is 8.55. The molecule has 0 aliphatic rings. The lowest BCUT2D eigenvalue weighted by Crippen LogP contribution is -2.00. The predicted molar refractivity (Wildman–Crippen MR) is 79.5 cm³/mol. The molecule has 4 heteroatoms. The Morgan fingerprint density at radius 2 is 1.70 bits per heavy atom. The van der Waals surface area contributed by atoms with Crippen LogP contribution in [0.3, 0.4) is 0 Å². The number of rotatable bonds is 5. The minimum absolute atomic E-state index is 0.454. The van der Waals surface area contributed by atoms with Crippen LogP contribution in [0.5, 0.6) is 17.2 Å². The van der Waals surface area contributed by atoms with Gasteiger partial charge in [0.15, 0.2) is 11.5 Å². The van der Waals surface area contributed by atoms with E-state index in [1.807, 2.05) is 37.3 Å². The summed E-state index contributed by atoms with van der Waals surface area (Å²) in [7, 11) is 3.25. The van der Waals surface area contributed by atoms with E-state index in [9.17, 15) is 0 Å². The number of methoxy groups -OCH3 is 2. The zero-order valence-electron chi connectivity index (χ0n) is 12.0. The van der Waals surface area contributed by atoms with Gasteiger partial charge in [0, 0.05) is 11.8 Å². The average Bonchev–Trinajstić information content (AvgIpc) is 2.45. The van der Waals surface area contributed by atoms with E-state index < -0.39 is 0 Å². The molecule has 0 aliphatic heterocycles. The largest absolute Gasteiger partial charge is 0.493 e. The third-order valence-electron chi connectivity index (χ3n) is 3.09. The van der Waals surface area contributed by atoms with Crippen LogP contribution in [0.4, 0.5) is 5.69 Å². The van der Waals surface area contributed by atoms with E-state index in [1.165, 1.54) is 0 Å². The first-order valence-corrected chi connectivity index (χ1v) is 6.34. The first-order chi connectivity index (χ1) is 9.63. The Balaban J connectivity index is 2.17. The molecule has 20 heavy (non-hydrogen) atoms. The number of hydrogen-bond acceptors (Lipinski definition) is 4.